The first kappa shape index (κ1) is 26.8. The molecule has 6 heteroatoms. The molecule has 0 saturated heterocycles. The Bertz CT molecular complexity index is 1290. The number of benzene rings is 3. The minimum absolute atomic E-state index is 0. The second kappa shape index (κ2) is 12.7. The van der Waals surface area contributed by atoms with Gasteiger partial charge in [-0.05, 0) is 47.5 Å². The van der Waals surface area contributed by atoms with Crippen LogP contribution in [0.25, 0.3) is 33.2 Å². The average molecular weight is 633 g/mol. The van der Waals surface area contributed by atoms with E-state index in [9.17, 15) is 4.79 Å². The summed E-state index contributed by atoms with van der Waals surface area (Å²) in [6.07, 6.45) is 2.99. The van der Waals surface area contributed by atoms with E-state index in [-0.39, 0.29) is 31.6 Å². The van der Waals surface area contributed by atoms with E-state index in [1.807, 2.05) is 18.3 Å². The van der Waals surface area contributed by atoms with Crippen molar-refractivity contribution in [3.63, 3.8) is 0 Å². The molecule has 1 radical (unpaired) electrons. The second-order valence-electron chi connectivity index (χ2n) is 7.34. The molecule has 1 heterocycles. The van der Waals surface area contributed by atoms with Gasteiger partial charge in [-0.2, -0.15) is 0 Å². The fourth-order valence-corrected chi connectivity index (χ4v) is 3.44. The molecule has 4 rings (SSSR count). The Morgan fingerprint density at radius 3 is 2.38 bits per heavy atom. The molecule has 4 aromatic rings. The van der Waals surface area contributed by atoms with E-state index in [1.165, 1.54) is 36.3 Å². The van der Waals surface area contributed by atoms with E-state index in [0.29, 0.717) is 11.5 Å². The molecular formula is C28H26IrNO4-. The van der Waals surface area contributed by atoms with Gasteiger partial charge < -0.3 is 19.6 Å². The Kier molecular flexibility index (Phi) is 9.99. The van der Waals surface area contributed by atoms with E-state index in [2.05, 4.69) is 59.6 Å². The first-order valence-corrected chi connectivity index (χ1v) is 10.4. The largest absolute Gasteiger partial charge is 0.540 e. The van der Waals surface area contributed by atoms with E-state index in [1.54, 1.807) is 20.3 Å². The number of allylic oxidation sites excluding steroid dienone is 2. The van der Waals surface area contributed by atoms with Crippen molar-refractivity contribution in [3.05, 3.63) is 90.8 Å². The molecule has 0 aliphatic heterocycles. The predicted octanol–water partition coefficient (Wildman–Crippen LogP) is 6.42. The average Bonchev–Trinajstić information content (AvgIpc) is 2.83. The number of aliphatic hydroxyl groups is 1. The summed E-state index contributed by atoms with van der Waals surface area (Å²) in [7, 11) is 3.27. The number of rotatable bonds is 5. The predicted molar refractivity (Wildman–Crippen MR) is 132 cm³/mol. The summed E-state index contributed by atoms with van der Waals surface area (Å²) < 4.78 is 10.8. The van der Waals surface area contributed by atoms with E-state index in [4.69, 9.17) is 14.6 Å². The number of hydrogen-bond donors (Lipinski definition) is 1. The summed E-state index contributed by atoms with van der Waals surface area (Å²) in [4.78, 5) is 14.5. The number of carbonyl (C=O) groups is 1. The van der Waals surface area contributed by atoms with Crippen LogP contribution in [-0.2, 0) is 24.9 Å². The maximum absolute atomic E-state index is 10.0. The smallest absolute Gasteiger partial charge is 0.155 e. The van der Waals surface area contributed by atoms with Gasteiger partial charge in [-0.1, -0.05) is 60.2 Å². The third-order valence-corrected chi connectivity index (χ3v) is 4.86. The molecule has 3 aromatic carbocycles. The molecule has 0 atom stereocenters. The number of aliphatic hydroxyl groups excluding tert-OH is 1. The van der Waals surface area contributed by atoms with Gasteiger partial charge in [0.1, 0.15) is 0 Å². The van der Waals surface area contributed by atoms with Crippen LogP contribution in [0.1, 0.15) is 13.8 Å². The zero-order chi connectivity index (χ0) is 23.8. The van der Waals surface area contributed by atoms with Gasteiger partial charge in [0.15, 0.2) is 5.78 Å². The van der Waals surface area contributed by atoms with Gasteiger partial charge in [0, 0.05) is 43.9 Å². The van der Waals surface area contributed by atoms with E-state index < -0.39 is 0 Å². The number of methoxy groups -OCH3 is 2. The first-order chi connectivity index (χ1) is 15.9. The number of hydrogen-bond acceptors (Lipinski definition) is 5. The third kappa shape index (κ3) is 6.77. The van der Waals surface area contributed by atoms with Crippen LogP contribution < -0.4 is 9.47 Å². The quantitative estimate of drug-likeness (QED) is 0.156. The Morgan fingerprint density at radius 1 is 1.00 bits per heavy atom. The zero-order valence-electron chi connectivity index (χ0n) is 19.5. The number of carbonyl (C=O) groups excluding carboxylic acids is 1. The molecule has 1 N–H and O–H groups in total. The molecule has 0 spiro atoms. The van der Waals surface area contributed by atoms with Crippen molar-refractivity contribution in [1.29, 1.82) is 0 Å². The van der Waals surface area contributed by atoms with Crippen molar-refractivity contribution in [1.82, 2.24) is 4.98 Å². The maximum Gasteiger partial charge on any atom is 0.155 e. The van der Waals surface area contributed by atoms with Crippen LogP contribution in [0.4, 0.5) is 0 Å². The van der Waals surface area contributed by atoms with Crippen LogP contribution in [0.2, 0.25) is 0 Å². The van der Waals surface area contributed by atoms with Crippen LogP contribution >= 0.6 is 0 Å². The zero-order valence-corrected chi connectivity index (χ0v) is 21.9. The van der Waals surface area contributed by atoms with Crippen LogP contribution in [0, 0.1) is 6.07 Å². The summed E-state index contributed by atoms with van der Waals surface area (Å²) in [6, 6.07) is 25.7. The number of aromatic nitrogens is 1. The van der Waals surface area contributed by atoms with Crippen molar-refractivity contribution in [3.8, 4) is 33.9 Å². The SMILES string of the molecule is CC(=O)/C=C(/C)O.COc1c[c-]c(-c2cc(-c3cccc4ccccc34)ccn2)c(OC)c1.[Ir]. The van der Waals surface area contributed by atoms with Gasteiger partial charge in [0.2, 0.25) is 0 Å². The second-order valence-corrected chi connectivity index (χ2v) is 7.34. The molecular weight excluding hydrogens is 607 g/mol. The Hall–Kier alpha value is -3.47. The molecule has 0 bridgehead atoms. The van der Waals surface area contributed by atoms with E-state index in [0.717, 1.165) is 16.8 Å². The molecule has 1 aromatic heterocycles. The standard InChI is InChI=1S/C23H18NO2.C5H8O2.Ir/c1-25-18-10-11-21(23(15-18)26-2)22-14-17(12-13-24-22)20-9-5-7-16-6-3-4-8-19(16)20;1-4(6)3-5(2)7;/h3-10,12-15H,1-2H3;3,6H,1-2H3;/q-1;;/b;4-3-;. The minimum Gasteiger partial charge on any atom is -0.540 e. The number of nitrogens with zero attached hydrogens (tertiary/aromatic N) is 1. The molecule has 0 amide bonds. The van der Waals surface area contributed by atoms with Crippen molar-refractivity contribution >= 4 is 16.6 Å². The van der Waals surface area contributed by atoms with Gasteiger partial charge in [0.05, 0.1) is 20.0 Å². The molecule has 34 heavy (non-hydrogen) atoms. The van der Waals surface area contributed by atoms with Gasteiger partial charge in [0.25, 0.3) is 0 Å². The molecule has 5 nitrogen and oxygen atoms in total. The fourth-order valence-electron chi connectivity index (χ4n) is 3.44. The van der Waals surface area contributed by atoms with Crippen molar-refractivity contribution in [2.75, 3.05) is 14.2 Å². The van der Waals surface area contributed by atoms with Crippen LogP contribution in [-0.4, -0.2) is 30.1 Å². The molecule has 0 unspecified atom stereocenters. The van der Waals surface area contributed by atoms with Gasteiger partial charge >= 0.3 is 0 Å². The number of pyridine rings is 1. The first-order valence-electron chi connectivity index (χ1n) is 10.4. The van der Waals surface area contributed by atoms with Gasteiger partial charge in [-0.3, -0.25) is 4.79 Å². The summed E-state index contributed by atoms with van der Waals surface area (Å²) in [5.74, 6) is 1.33. The van der Waals surface area contributed by atoms with E-state index >= 15 is 0 Å². The minimum atomic E-state index is -0.125. The number of fused-ring (bicyclic) bond motifs is 1. The van der Waals surface area contributed by atoms with Crippen molar-refractivity contribution in [2.45, 2.75) is 13.8 Å². The topological polar surface area (TPSA) is 68.7 Å². The maximum atomic E-state index is 10.0. The molecule has 0 saturated carbocycles. The summed E-state index contributed by atoms with van der Waals surface area (Å²) in [5.41, 5.74) is 3.92. The number of ketones is 1. The molecule has 0 aliphatic rings. The van der Waals surface area contributed by atoms with Gasteiger partial charge in [-0.25, -0.2) is 0 Å². The van der Waals surface area contributed by atoms with Crippen molar-refractivity contribution < 1.29 is 39.5 Å². The molecule has 0 fully saturated rings. The van der Waals surface area contributed by atoms with Crippen LogP contribution in [0.5, 0.6) is 11.5 Å². The monoisotopic (exact) mass is 633 g/mol. The summed E-state index contributed by atoms with van der Waals surface area (Å²) in [6.45, 7) is 2.85. The fraction of sp³-hybridized carbons (Fsp3) is 0.143. The Balaban J connectivity index is 0.000000449. The molecule has 177 valence electrons. The van der Waals surface area contributed by atoms with Crippen molar-refractivity contribution in [2.24, 2.45) is 0 Å². The third-order valence-electron chi connectivity index (χ3n) is 4.86. The van der Waals surface area contributed by atoms with Crippen LogP contribution in [0.15, 0.2) is 84.8 Å². The number of ether oxygens (including phenoxy) is 2. The van der Waals surface area contributed by atoms with Gasteiger partial charge in [-0.15, -0.1) is 12.1 Å². The van der Waals surface area contributed by atoms with Crippen LogP contribution in [0.3, 0.4) is 0 Å². The Morgan fingerprint density at radius 2 is 1.74 bits per heavy atom. The molecule has 0 aliphatic carbocycles. The Labute approximate surface area is 213 Å². The summed E-state index contributed by atoms with van der Waals surface area (Å²) in [5, 5.41) is 10.8. The normalized spacial score (nSPS) is 10.5. The summed E-state index contributed by atoms with van der Waals surface area (Å²) >= 11 is 0.